The van der Waals surface area contributed by atoms with E-state index in [-0.39, 0.29) is 0 Å². The van der Waals surface area contributed by atoms with Gasteiger partial charge in [0.1, 0.15) is 0 Å². The molecule has 0 fully saturated rings. The summed E-state index contributed by atoms with van der Waals surface area (Å²) in [7, 11) is 0. The maximum absolute atomic E-state index is 6.14. The van der Waals surface area contributed by atoms with E-state index in [1.165, 1.54) is 11.1 Å². The number of aliphatic imine (C=N–C) groups is 1. The Hall–Kier alpha value is -0.810. The summed E-state index contributed by atoms with van der Waals surface area (Å²) < 4.78 is 0. The van der Waals surface area contributed by atoms with Gasteiger partial charge in [-0.2, -0.15) is 0 Å². The van der Waals surface area contributed by atoms with Gasteiger partial charge >= 0.3 is 0 Å². The third-order valence-corrected chi connectivity index (χ3v) is 5.72. The zero-order valence-corrected chi connectivity index (χ0v) is 16.1. The molecule has 0 saturated heterocycles. The highest BCUT2D eigenvalue weighted by Crippen LogP contribution is 2.30. The van der Waals surface area contributed by atoms with E-state index in [4.69, 9.17) is 28.9 Å². The normalized spacial score (nSPS) is 11.7. The Morgan fingerprint density at radius 1 is 1.04 bits per heavy atom. The molecule has 0 spiro atoms. The molecular weight excluding hydrogens is 367 g/mol. The number of nitrogens with two attached hydrogens (primary N) is 1. The first-order valence-corrected chi connectivity index (χ1v) is 9.80. The predicted molar refractivity (Wildman–Crippen MR) is 107 cm³/mol. The van der Waals surface area contributed by atoms with E-state index in [2.05, 4.69) is 24.9 Å². The van der Waals surface area contributed by atoms with Gasteiger partial charge in [-0.3, -0.25) is 0 Å². The van der Waals surface area contributed by atoms with E-state index >= 15 is 0 Å². The standard InChI is InChI=1S/C17H18Cl2N2S2/c1-11-7-12(2)9-14(8-11)21-17(20)23-6-5-22-16-10-13(18)3-4-15(16)19/h3-4,7-10H,5-6H2,1-2H3,(H2,20,21). The molecule has 0 aromatic heterocycles. The van der Waals surface area contributed by atoms with Gasteiger partial charge in [-0.05, 0) is 55.3 Å². The molecule has 0 aliphatic heterocycles. The summed E-state index contributed by atoms with van der Waals surface area (Å²) in [6.45, 7) is 4.11. The third kappa shape index (κ3) is 6.30. The Balaban J connectivity index is 1.85. The molecule has 2 aromatic carbocycles. The molecule has 6 heteroatoms. The zero-order valence-electron chi connectivity index (χ0n) is 13.0. The van der Waals surface area contributed by atoms with Crippen LogP contribution in [-0.4, -0.2) is 16.7 Å². The molecule has 2 nitrogen and oxygen atoms in total. The number of nitrogens with zero attached hydrogens (tertiary/aromatic N) is 1. The molecule has 2 rings (SSSR count). The van der Waals surface area contributed by atoms with Crippen LogP contribution in [0.15, 0.2) is 46.3 Å². The van der Waals surface area contributed by atoms with Crippen molar-refractivity contribution in [2.75, 3.05) is 11.5 Å². The summed E-state index contributed by atoms with van der Waals surface area (Å²) >= 11 is 15.3. The molecular formula is C17H18Cl2N2S2. The second-order valence-corrected chi connectivity index (χ2v) is 8.16. The first kappa shape index (κ1) is 18.5. The van der Waals surface area contributed by atoms with Gasteiger partial charge in [0.15, 0.2) is 5.17 Å². The summed E-state index contributed by atoms with van der Waals surface area (Å²) in [5, 5.41) is 1.99. The van der Waals surface area contributed by atoms with Gasteiger partial charge < -0.3 is 5.73 Å². The Morgan fingerprint density at radius 3 is 2.43 bits per heavy atom. The lowest BCUT2D eigenvalue weighted by molar-refractivity contribution is 1.36. The fourth-order valence-electron chi connectivity index (χ4n) is 2.06. The Labute approximate surface area is 155 Å². The van der Waals surface area contributed by atoms with Gasteiger partial charge in [-0.1, -0.05) is 41.0 Å². The van der Waals surface area contributed by atoms with Crippen molar-refractivity contribution in [2.24, 2.45) is 10.7 Å². The minimum absolute atomic E-state index is 0.577. The van der Waals surface area contributed by atoms with Crippen LogP contribution < -0.4 is 5.73 Å². The Bertz CT molecular complexity index is 697. The van der Waals surface area contributed by atoms with Crippen LogP contribution in [0, 0.1) is 13.8 Å². The largest absolute Gasteiger partial charge is 0.378 e. The maximum atomic E-state index is 6.14. The molecule has 0 radical (unpaired) electrons. The van der Waals surface area contributed by atoms with Crippen LogP contribution in [-0.2, 0) is 0 Å². The first-order chi connectivity index (χ1) is 10.9. The summed E-state index contributed by atoms with van der Waals surface area (Å²) in [6, 6.07) is 11.7. The van der Waals surface area contributed by atoms with Gasteiger partial charge in [-0.15, -0.1) is 11.8 Å². The number of halogens is 2. The SMILES string of the molecule is Cc1cc(C)cc(N=C(N)SCCSc2cc(Cl)ccc2Cl)c1. The number of hydrogen-bond donors (Lipinski definition) is 1. The number of rotatable bonds is 5. The molecule has 2 N–H and O–H groups in total. The smallest absolute Gasteiger partial charge is 0.159 e. The van der Waals surface area contributed by atoms with Gasteiger partial charge in [0.25, 0.3) is 0 Å². The predicted octanol–water partition coefficient (Wildman–Crippen LogP) is 6.08. The molecule has 0 amide bonds. The quantitative estimate of drug-likeness (QED) is 0.293. The topological polar surface area (TPSA) is 38.4 Å². The summed E-state index contributed by atoms with van der Waals surface area (Å²) in [6.07, 6.45) is 0. The summed E-state index contributed by atoms with van der Waals surface area (Å²) in [4.78, 5) is 5.45. The van der Waals surface area contributed by atoms with Crippen LogP contribution in [0.1, 0.15) is 11.1 Å². The van der Waals surface area contributed by atoms with Crippen molar-refractivity contribution < 1.29 is 0 Å². The average Bonchev–Trinajstić information content (AvgIpc) is 2.46. The van der Waals surface area contributed by atoms with Crippen molar-refractivity contribution >= 4 is 57.6 Å². The van der Waals surface area contributed by atoms with Gasteiger partial charge in [0.05, 0.1) is 10.7 Å². The van der Waals surface area contributed by atoms with Gasteiger partial charge in [0, 0.05) is 21.4 Å². The second-order valence-electron chi connectivity index (χ2n) is 5.07. The Kier molecular flexibility index (Phi) is 7.15. The lowest BCUT2D eigenvalue weighted by Crippen LogP contribution is -2.07. The summed E-state index contributed by atoms with van der Waals surface area (Å²) in [5.74, 6) is 1.74. The van der Waals surface area contributed by atoms with Crippen LogP contribution in [0.2, 0.25) is 10.0 Å². The van der Waals surface area contributed by atoms with Crippen molar-refractivity contribution in [3.8, 4) is 0 Å². The lowest BCUT2D eigenvalue weighted by atomic mass is 10.1. The first-order valence-electron chi connectivity index (χ1n) is 7.07. The lowest BCUT2D eigenvalue weighted by Gasteiger charge is -2.05. The highest BCUT2D eigenvalue weighted by molar-refractivity contribution is 8.14. The number of benzene rings is 2. The molecule has 0 saturated carbocycles. The number of thioether (sulfide) groups is 2. The third-order valence-electron chi connectivity index (χ3n) is 2.93. The van der Waals surface area contributed by atoms with Crippen molar-refractivity contribution in [3.63, 3.8) is 0 Å². The molecule has 0 heterocycles. The highest BCUT2D eigenvalue weighted by atomic mass is 35.5. The molecule has 2 aromatic rings. The number of aryl methyl sites for hydroxylation is 2. The fraction of sp³-hybridized carbons (Fsp3) is 0.235. The monoisotopic (exact) mass is 384 g/mol. The minimum atomic E-state index is 0.577. The van der Waals surface area contributed by atoms with Gasteiger partial charge in [-0.25, -0.2) is 4.99 Å². The van der Waals surface area contributed by atoms with Crippen molar-refractivity contribution in [3.05, 3.63) is 57.6 Å². The molecule has 0 unspecified atom stereocenters. The highest BCUT2D eigenvalue weighted by Gasteiger charge is 2.03. The molecule has 0 bridgehead atoms. The zero-order chi connectivity index (χ0) is 16.8. The van der Waals surface area contributed by atoms with E-state index in [0.717, 1.165) is 27.1 Å². The van der Waals surface area contributed by atoms with E-state index in [9.17, 15) is 0 Å². The van der Waals surface area contributed by atoms with E-state index < -0.39 is 0 Å². The van der Waals surface area contributed by atoms with Crippen LogP contribution in [0.4, 0.5) is 5.69 Å². The summed E-state index contributed by atoms with van der Waals surface area (Å²) in [5.41, 5.74) is 9.27. The van der Waals surface area contributed by atoms with Crippen molar-refractivity contribution in [1.29, 1.82) is 0 Å². The fourth-order valence-corrected chi connectivity index (χ4v) is 4.26. The van der Waals surface area contributed by atoms with Crippen LogP contribution >= 0.6 is 46.7 Å². The molecule has 23 heavy (non-hydrogen) atoms. The van der Waals surface area contributed by atoms with E-state index in [1.54, 1.807) is 29.6 Å². The second kappa shape index (κ2) is 8.88. The van der Waals surface area contributed by atoms with Gasteiger partial charge in [0.2, 0.25) is 0 Å². The minimum Gasteiger partial charge on any atom is -0.378 e. The van der Waals surface area contributed by atoms with Crippen molar-refractivity contribution in [2.45, 2.75) is 18.7 Å². The molecule has 0 atom stereocenters. The van der Waals surface area contributed by atoms with Crippen LogP contribution in [0.25, 0.3) is 0 Å². The number of amidine groups is 1. The van der Waals surface area contributed by atoms with E-state index in [0.29, 0.717) is 10.2 Å². The average molecular weight is 385 g/mol. The Morgan fingerprint density at radius 2 is 1.74 bits per heavy atom. The van der Waals surface area contributed by atoms with E-state index in [1.807, 2.05) is 24.3 Å². The molecule has 0 aliphatic rings. The molecule has 0 aliphatic carbocycles. The maximum Gasteiger partial charge on any atom is 0.159 e. The number of hydrogen-bond acceptors (Lipinski definition) is 3. The van der Waals surface area contributed by atoms with Crippen molar-refractivity contribution in [1.82, 2.24) is 0 Å². The molecule has 122 valence electrons. The van der Waals surface area contributed by atoms with Crippen LogP contribution in [0.5, 0.6) is 0 Å². The van der Waals surface area contributed by atoms with Crippen LogP contribution in [0.3, 0.4) is 0 Å².